The smallest absolute Gasteiger partial charge is 0.308 e. The van der Waals surface area contributed by atoms with Gasteiger partial charge in [0, 0.05) is 57.5 Å². The fourth-order valence-electron chi connectivity index (χ4n) is 11.3. The number of aliphatic hydroxyl groups is 2. The Balaban J connectivity index is 1.60. The van der Waals surface area contributed by atoms with Crippen molar-refractivity contribution in [1.82, 2.24) is 4.90 Å². The van der Waals surface area contributed by atoms with Gasteiger partial charge in [-0.05, 0) is 43.6 Å². The zero-order valence-electron chi connectivity index (χ0n) is 23.6. The number of ether oxygens (including phenoxy) is 4. The largest absolute Gasteiger partial charge is 0.461 e. The third-order valence-corrected chi connectivity index (χ3v) is 12.5. The van der Waals surface area contributed by atoms with E-state index in [9.17, 15) is 15.0 Å². The fraction of sp³-hybridized carbons (Fsp3) is 0.966. The van der Waals surface area contributed by atoms with E-state index < -0.39 is 34.7 Å². The lowest BCUT2D eigenvalue weighted by Crippen LogP contribution is -2.81. The lowest BCUT2D eigenvalue weighted by atomic mass is 9.43. The zero-order valence-corrected chi connectivity index (χ0v) is 23.6. The Bertz CT molecular complexity index is 947. The van der Waals surface area contributed by atoms with Crippen LogP contribution in [-0.4, -0.2) is 97.2 Å². The topological polar surface area (TPSA) is 97.7 Å². The van der Waals surface area contributed by atoms with Crippen molar-refractivity contribution in [3.05, 3.63) is 0 Å². The van der Waals surface area contributed by atoms with Gasteiger partial charge in [0.05, 0.1) is 30.3 Å². The van der Waals surface area contributed by atoms with Gasteiger partial charge in [-0.15, -0.1) is 0 Å². The standard InChI is InChI=1S/C29H47NO7/c1-8-15(3)24(31)37-21-16-12-17-20(21)27(32,13-18(16)34-5)29(33)23(36-7)22-26(4)11-10-19(35-6)28(17,22)25(29)30(9-2)14-26/h15-23,25,32-33H,8-14H2,1-7H3/t15?,16-,17-,18+,19+,20-,21+,22-,23+,25+,26+,27-,28+,29-/m1/s1. The summed E-state index contributed by atoms with van der Waals surface area (Å²) in [4.78, 5) is 15.6. The van der Waals surface area contributed by atoms with E-state index in [0.717, 1.165) is 32.4 Å². The molecular weight excluding hydrogens is 474 g/mol. The Morgan fingerprint density at radius 1 is 1.14 bits per heavy atom. The molecule has 0 radical (unpaired) electrons. The molecule has 1 aliphatic heterocycles. The third-order valence-electron chi connectivity index (χ3n) is 12.5. The average Bonchev–Trinajstić information content (AvgIpc) is 3.28. The molecule has 8 heteroatoms. The molecule has 6 fully saturated rings. The Labute approximate surface area is 221 Å². The van der Waals surface area contributed by atoms with Crippen LogP contribution in [0.4, 0.5) is 0 Å². The van der Waals surface area contributed by atoms with Crippen LogP contribution in [0.3, 0.4) is 0 Å². The van der Waals surface area contributed by atoms with E-state index in [0.29, 0.717) is 12.8 Å². The molecule has 0 aromatic heterocycles. The molecule has 6 aliphatic rings. The van der Waals surface area contributed by atoms with Crippen LogP contribution in [0.25, 0.3) is 0 Å². The minimum Gasteiger partial charge on any atom is -0.461 e. The van der Waals surface area contributed by atoms with Crippen molar-refractivity contribution in [3.8, 4) is 0 Å². The highest BCUT2D eigenvalue weighted by atomic mass is 16.6. The molecule has 1 spiro atoms. The summed E-state index contributed by atoms with van der Waals surface area (Å²) in [6.07, 6.45) is 2.27. The van der Waals surface area contributed by atoms with Crippen molar-refractivity contribution in [1.29, 1.82) is 0 Å². The first-order valence-electron chi connectivity index (χ1n) is 14.5. The number of carbonyl (C=O) groups excluding carboxylic acids is 1. The molecule has 0 aromatic rings. The molecule has 0 amide bonds. The van der Waals surface area contributed by atoms with Crippen molar-refractivity contribution in [2.24, 2.45) is 40.4 Å². The van der Waals surface area contributed by atoms with Gasteiger partial charge in [-0.3, -0.25) is 9.69 Å². The molecule has 1 unspecified atom stereocenters. The summed E-state index contributed by atoms with van der Waals surface area (Å²) in [7, 11) is 5.16. The lowest BCUT2D eigenvalue weighted by Gasteiger charge is -2.69. The van der Waals surface area contributed by atoms with Gasteiger partial charge < -0.3 is 29.2 Å². The number of rotatable bonds is 7. The summed E-state index contributed by atoms with van der Waals surface area (Å²) in [5, 5.41) is 26.1. The molecule has 6 rings (SSSR count). The number of hydrogen-bond donors (Lipinski definition) is 2. The molecule has 7 bridgehead atoms. The molecule has 2 N–H and O–H groups in total. The summed E-state index contributed by atoms with van der Waals surface area (Å²) in [6, 6.07) is -0.301. The monoisotopic (exact) mass is 521 g/mol. The Morgan fingerprint density at radius 2 is 1.86 bits per heavy atom. The predicted octanol–water partition coefficient (Wildman–Crippen LogP) is 2.24. The highest BCUT2D eigenvalue weighted by molar-refractivity contribution is 5.72. The summed E-state index contributed by atoms with van der Waals surface area (Å²) in [6.45, 7) is 10.0. The van der Waals surface area contributed by atoms with Crippen LogP contribution in [0.5, 0.6) is 0 Å². The highest BCUT2D eigenvalue weighted by Gasteiger charge is 2.91. The minimum absolute atomic E-state index is 0.0201. The van der Waals surface area contributed by atoms with Crippen molar-refractivity contribution in [3.63, 3.8) is 0 Å². The first-order valence-corrected chi connectivity index (χ1v) is 14.5. The highest BCUT2D eigenvalue weighted by Crippen LogP contribution is 2.80. The number of likely N-dealkylation sites (N-methyl/N-ethyl adjacent to an activating group) is 1. The van der Waals surface area contributed by atoms with Gasteiger partial charge in [-0.2, -0.15) is 0 Å². The molecule has 8 nitrogen and oxygen atoms in total. The summed E-state index contributed by atoms with van der Waals surface area (Å²) in [5.41, 5.74) is -3.56. The maximum atomic E-state index is 13.2. The average molecular weight is 522 g/mol. The molecule has 5 saturated carbocycles. The first-order chi connectivity index (χ1) is 17.5. The van der Waals surface area contributed by atoms with E-state index in [1.165, 1.54) is 0 Å². The predicted molar refractivity (Wildman–Crippen MR) is 136 cm³/mol. The van der Waals surface area contributed by atoms with E-state index in [2.05, 4.69) is 18.7 Å². The van der Waals surface area contributed by atoms with Crippen molar-refractivity contribution in [2.75, 3.05) is 34.4 Å². The van der Waals surface area contributed by atoms with Crippen LogP contribution in [0.1, 0.15) is 59.8 Å². The first kappa shape index (κ1) is 26.5. The maximum absolute atomic E-state index is 13.2. The zero-order chi connectivity index (χ0) is 26.7. The van der Waals surface area contributed by atoms with Gasteiger partial charge in [0.2, 0.25) is 0 Å². The lowest BCUT2D eigenvalue weighted by molar-refractivity contribution is -0.318. The number of hydrogen-bond acceptors (Lipinski definition) is 8. The van der Waals surface area contributed by atoms with Crippen LogP contribution in [0.2, 0.25) is 0 Å². The van der Waals surface area contributed by atoms with Gasteiger partial charge in [0.1, 0.15) is 17.3 Å². The summed E-state index contributed by atoms with van der Waals surface area (Å²) >= 11 is 0. The number of likely N-dealkylation sites (tertiary alicyclic amines) is 1. The van der Waals surface area contributed by atoms with Gasteiger partial charge in [0.25, 0.3) is 0 Å². The fourth-order valence-corrected chi connectivity index (χ4v) is 11.3. The number of carbonyl (C=O) groups is 1. The van der Waals surface area contributed by atoms with E-state index in [4.69, 9.17) is 18.9 Å². The molecule has 1 heterocycles. The Morgan fingerprint density at radius 3 is 2.46 bits per heavy atom. The second-order valence-corrected chi connectivity index (χ2v) is 13.5. The van der Waals surface area contributed by atoms with Crippen LogP contribution < -0.4 is 0 Å². The Hall–Kier alpha value is -0.770. The second-order valence-electron chi connectivity index (χ2n) is 13.5. The summed E-state index contributed by atoms with van der Waals surface area (Å²) in [5.74, 6) is -0.805. The molecule has 0 aromatic carbocycles. The van der Waals surface area contributed by atoms with E-state index in [1.807, 2.05) is 13.8 Å². The van der Waals surface area contributed by atoms with Crippen LogP contribution >= 0.6 is 0 Å². The van der Waals surface area contributed by atoms with Crippen molar-refractivity contribution >= 4 is 5.97 Å². The van der Waals surface area contributed by atoms with Gasteiger partial charge in [-0.1, -0.05) is 27.7 Å². The molecule has 1 saturated heterocycles. The minimum atomic E-state index is -1.55. The molecule has 37 heavy (non-hydrogen) atoms. The number of methoxy groups -OCH3 is 3. The van der Waals surface area contributed by atoms with Crippen LogP contribution in [0.15, 0.2) is 0 Å². The van der Waals surface area contributed by atoms with Gasteiger partial charge in [-0.25, -0.2) is 0 Å². The molecule has 14 atom stereocenters. The summed E-state index contributed by atoms with van der Waals surface area (Å²) < 4.78 is 25.0. The quantitative estimate of drug-likeness (QED) is 0.493. The normalized spacial score (nSPS) is 56.3. The van der Waals surface area contributed by atoms with Gasteiger partial charge >= 0.3 is 5.97 Å². The second kappa shape index (κ2) is 8.37. The number of esters is 1. The Kier molecular flexibility index (Phi) is 5.98. The van der Waals surface area contributed by atoms with Crippen molar-refractivity contribution in [2.45, 2.75) is 101 Å². The van der Waals surface area contributed by atoms with Crippen molar-refractivity contribution < 1.29 is 34.0 Å². The molecular formula is C29H47NO7. The third kappa shape index (κ3) is 2.78. The molecule has 210 valence electrons. The van der Waals surface area contributed by atoms with Crippen LogP contribution in [-0.2, 0) is 23.7 Å². The van der Waals surface area contributed by atoms with Gasteiger partial charge in [0.15, 0.2) is 0 Å². The van der Waals surface area contributed by atoms with E-state index >= 15 is 0 Å². The molecule has 5 aliphatic carbocycles. The number of nitrogens with zero attached hydrogens (tertiary/aromatic N) is 1. The maximum Gasteiger partial charge on any atom is 0.308 e. The van der Waals surface area contributed by atoms with E-state index in [1.54, 1.807) is 21.3 Å². The number of piperidine rings is 1. The van der Waals surface area contributed by atoms with Crippen LogP contribution in [0, 0.1) is 40.4 Å². The van der Waals surface area contributed by atoms with E-state index in [-0.39, 0.29) is 53.3 Å². The number of fused-ring (bicyclic) bond motifs is 2. The SMILES string of the molecule is CCC(C)C(=O)O[C@H]1[C@@H]2C[C@@H]3[C@H]1[C@](O)(C[C@@H]2OC)[C@@]1(O)[C@@H](OC)[C@@H]2[C@@]4(C)CC[C@H](OC)[C@@]32[C@@H]1N(CC)C4.